The molecule has 2 saturated heterocycles. The van der Waals surface area contributed by atoms with Gasteiger partial charge in [-0.25, -0.2) is 12.7 Å². The first-order valence-electron chi connectivity index (χ1n) is 11.1. The van der Waals surface area contributed by atoms with Crippen molar-refractivity contribution in [1.29, 1.82) is 0 Å². The molecule has 1 amide bonds. The third kappa shape index (κ3) is 5.65. The summed E-state index contributed by atoms with van der Waals surface area (Å²) in [4.78, 5) is 17.4. The highest BCUT2D eigenvalue weighted by Crippen LogP contribution is 2.32. The highest BCUT2D eigenvalue weighted by Gasteiger charge is 2.48. The van der Waals surface area contributed by atoms with E-state index in [1.807, 2.05) is 33.0 Å². The lowest BCUT2D eigenvalue weighted by molar-refractivity contribution is -0.124. The van der Waals surface area contributed by atoms with Crippen molar-refractivity contribution in [3.63, 3.8) is 0 Å². The number of carbonyl (C=O) groups is 1. The highest BCUT2D eigenvalue weighted by atomic mass is 35.5. The number of nitrogens with one attached hydrogen (secondary N) is 3. The molecule has 3 heterocycles. The summed E-state index contributed by atoms with van der Waals surface area (Å²) in [7, 11) is -1.52. The van der Waals surface area contributed by atoms with Gasteiger partial charge in [0, 0.05) is 25.8 Å². The number of hydrogen-bond acceptors (Lipinski definition) is 6. The average Bonchev–Trinajstić information content (AvgIpc) is 3.37. The smallest absolute Gasteiger partial charge is 0.253 e. The van der Waals surface area contributed by atoms with Gasteiger partial charge in [0.15, 0.2) is 0 Å². The van der Waals surface area contributed by atoms with Crippen molar-refractivity contribution in [2.24, 2.45) is 4.99 Å². The Morgan fingerprint density at radius 3 is 2.36 bits per heavy atom. The Morgan fingerprint density at radius 1 is 1.18 bits per heavy atom. The van der Waals surface area contributed by atoms with E-state index in [2.05, 4.69) is 16.0 Å². The summed E-state index contributed by atoms with van der Waals surface area (Å²) in [5.74, 6) is 0.728. The van der Waals surface area contributed by atoms with E-state index < -0.39 is 15.6 Å². The number of sulfonamides is 1. The Labute approximate surface area is 209 Å². The molecule has 0 bridgehead atoms. The zero-order valence-corrected chi connectivity index (χ0v) is 21.9. The number of anilines is 1. The number of nitrogens with zero attached hydrogens (tertiary/aromatic N) is 2. The number of aryl methyl sites for hydroxylation is 2. The topological polar surface area (TPSA) is 103 Å². The standard InChI is InChI=1S/C22H33N5O3S.2ClH/c1-15-13-17(23-3)14-16(2)18(15)6-12-31(29,30)27-10-7-22(8-11-27)21(28)25-20(26-22)19-5-4-9-24-19;;/h13-14,19,23-24H,4-12H2,1-3H3,(H,25,26,28);2*1H. The summed E-state index contributed by atoms with van der Waals surface area (Å²) < 4.78 is 27.6. The zero-order valence-electron chi connectivity index (χ0n) is 19.4. The summed E-state index contributed by atoms with van der Waals surface area (Å²) >= 11 is 0. The normalized spacial score (nSPS) is 22.3. The van der Waals surface area contributed by atoms with Crippen LogP contribution < -0.4 is 16.0 Å². The van der Waals surface area contributed by atoms with Crippen LogP contribution in [-0.4, -0.2) is 68.5 Å². The minimum atomic E-state index is -3.40. The van der Waals surface area contributed by atoms with E-state index in [1.165, 1.54) is 0 Å². The van der Waals surface area contributed by atoms with E-state index in [-0.39, 0.29) is 42.5 Å². The summed E-state index contributed by atoms with van der Waals surface area (Å²) in [6.45, 7) is 5.65. The van der Waals surface area contributed by atoms with Gasteiger partial charge in [-0.05, 0) is 81.3 Å². The number of piperidine rings is 1. The van der Waals surface area contributed by atoms with Crippen molar-refractivity contribution < 1.29 is 13.2 Å². The summed E-state index contributed by atoms with van der Waals surface area (Å²) in [6, 6.07) is 4.21. The van der Waals surface area contributed by atoms with Crippen LogP contribution in [-0.2, 0) is 21.2 Å². The van der Waals surface area contributed by atoms with E-state index in [0.29, 0.717) is 32.4 Å². The van der Waals surface area contributed by atoms with Crippen LogP contribution in [0.1, 0.15) is 42.4 Å². The molecule has 3 aliphatic rings. The van der Waals surface area contributed by atoms with Gasteiger partial charge >= 0.3 is 0 Å². The maximum absolute atomic E-state index is 13.0. The lowest BCUT2D eigenvalue weighted by Gasteiger charge is -2.34. The molecular formula is C22H35Cl2N5O3S. The molecule has 0 aliphatic carbocycles. The molecule has 3 aliphatic heterocycles. The first kappa shape index (κ1) is 27.9. The van der Waals surface area contributed by atoms with Gasteiger partial charge in [-0.1, -0.05) is 0 Å². The number of halogens is 2. The molecule has 1 spiro atoms. The molecule has 3 N–H and O–H groups in total. The van der Waals surface area contributed by atoms with E-state index >= 15 is 0 Å². The zero-order chi connectivity index (χ0) is 22.2. The number of carbonyl (C=O) groups excluding carboxylic acids is 1. The molecular weight excluding hydrogens is 485 g/mol. The monoisotopic (exact) mass is 519 g/mol. The van der Waals surface area contributed by atoms with Crippen LogP contribution in [0.5, 0.6) is 0 Å². The van der Waals surface area contributed by atoms with Crippen molar-refractivity contribution in [3.05, 3.63) is 28.8 Å². The molecule has 1 aromatic rings. The van der Waals surface area contributed by atoms with Crippen LogP contribution in [0.15, 0.2) is 17.1 Å². The fraction of sp³-hybridized carbons (Fsp3) is 0.636. The molecule has 1 aromatic carbocycles. The molecule has 0 saturated carbocycles. The number of hydrogen-bond donors (Lipinski definition) is 3. The van der Waals surface area contributed by atoms with Crippen molar-refractivity contribution >= 4 is 52.3 Å². The number of aliphatic imine (C=N–C) groups is 1. The van der Waals surface area contributed by atoms with E-state index in [9.17, 15) is 13.2 Å². The molecule has 4 rings (SSSR count). The van der Waals surface area contributed by atoms with E-state index in [0.717, 1.165) is 47.6 Å². The average molecular weight is 521 g/mol. The molecule has 11 heteroatoms. The van der Waals surface area contributed by atoms with Crippen molar-refractivity contribution in [2.75, 3.05) is 37.8 Å². The quantitative estimate of drug-likeness (QED) is 0.534. The molecule has 2 fully saturated rings. The molecule has 1 atom stereocenters. The van der Waals surface area contributed by atoms with Crippen LogP contribution in [0.3, 0.4) is 0 Å². The lowest BCUT2D eigenvalue weighted by atomic mass is 9.89. The first-order valence-corrected chi connectivity index (χ1v) is 12.8. The van der Waals surface area contributed by atoms with Crippen LogP contribution in [0.4, 0.5) is 5.69 Å². The maximum atomic E-state index is 13.0. The minimum Gasteiger partial charge on any atom is -0.388 e. The Kier molecular flexibility index (Phi) is 9.20. The Hall–Kier alpha value is -1.39. The Balaban J connectivity index is 0.00000193. The van der Waals surface area contributed by atoms with E-state index in [4.69, 9.17) is 4.99 Å². The van der Waals surface area contributed by atoms with Gasteiger partial charge < -0.3 is 16.0 Å². The predicted octanol–water partition coefficient (Wildman–Crippen LogP) is 2.18. The van der Waals surface area contributed by atoms with Crippen molar-refractivity contribution in [2.45, 2.75) is 57.5 Å². The van der Waals surface area contributed by atoms with Crippen LogP contribution in [0.25, 0.3) is 0 Å². The summed E-state index contributed by atoms with van der Waals surface area (Å²) in [5.41, 5.74) is 3.52. The minimum absolute atomic E-state index is 0. The molecule has 186 valence electrons. The van der Waals surface area contributed by atoms with Crippen LogP contribution in [0.2, 0.25) is 0 Å². The number of benzene rings is 1. The van der Waals surface area contributed by atoms with E-state index in [1.54, 1.807) is 4.31 Å². The van der Waals surface area contributed by atoms with Crippen molar-refractivity contribution in [3.8, 4) is 0 Å². The highest BCUT2D eigenvalue weighted by molar-refractivity contribution is 7.89. The fourth-order valence-electron chi connectivity index (χ4n) is 4.99. The molecule has 0 radical (unpaired) electrons. The van der Waals surface area contributed by atoms with Crippen LogP contribution in [0, 0.1) is 13.8 Å². The maximum Gasteiger partial charge on any atom is 0.253 e. The van der Waals surface area contributed by atoms with Gasteiger partial charge in [-0.15, -0.1) is 24.8 Å². The van der Waals surface area contributed by atoms with Gasteiger partial charge in [0.2, 0.25) is 10.0 Å². The summed E-state index contributed by atoms with van der Waals surface area (Å²) in [6.07, 6.45) is 3.41. The second kappa shape index (κ2) is 10.9. The lowest BCUT2D eigenvalue weighted by Crippen LogP contribution is -2.51. The van der Waals surface area contributed by atoms with Gasteiger partial charge in [-0.2, -0.15) is 0 Å². The van der Waals surface area contributed by atoms with Gasteiger partial charge in [-0.3, -0.25) is 9.79 Å². The molecule has 33 heavy (non-hydrogen) atoms. The van der Waals surface area contributed by atoms with Gasteiger partial charge in [0.25, 0.3) is 5.91 Å². The number of rotatable bonds is 6. The third-order valence-electron chi connectivity index (χ3n) is 6.93. The first-order chi connectivity index (χ1) is 14.7. The van der Waals surface area contributed by atoms with Crippen molar-refractivity contribution in [1.82, 2.24) is 14.9 Å². The van der Waals surface area contributed by atoms with Crippen LogP contribution >= 0.6 is 24.8 Å². The van der Waals surface area contributed by atoms with Gasteiger partial charge in [0.05, 0.1) is 11.8 Å². The predicted molar refractivity (Wildman–Crippen MR) is 138 cm³/mol. The SMILES string of the molecule is CNc1cc(C)c(CCS(=O)(=O)N2CCC3(CC2)N=C(C2CCCN2)NC3=O)c(C)c1.Cl.Cl. The Morgan fingerprint density at radius 2 is 1.82 bits per heavy atom. The largest absolute Gasteiger partial charge is 0.388 e. The second-order valence-corrected chi connectivity index (χ2v) is 11.0. The number of amides is 1. The molecule has 8 nitrogen and oxygen atoms in total. The fourth-order valence-corrected chi connectivity index (χ4v) is 6.45. The Bertz CT molecular complexity index is 978. The molecule has 0 aromatic heterocycles. The van der Waals surface area contributed by atoms with Gasteiger partial charge in [0.1, 0.15) is 11.4 Å². The number of amidine groups is 1. The summed E-state index contributed by atoms with van der Waals surface area (Å²) in [5, 5.41) is 9.46. The molecule has 1 unspecified atom stereocenters. The second-order valence-electron chi connectivity index (χ2n) is 8.94. The third-order valence-corrected chi connectivity index (χ3v) is 8.80.